The average Bonchev–Trinajstić information content (AvgIpc) is 3.09. The SMILES string of the molecule is COc1cc(N2CCC(Oc3ccc(N4C[C@H](F)[C@@H](C)[C@@H]4CC(=O)O)cc3)C(C)C2)c(Cl)cn1. The van der Waals surface area contributed by atoms with Crippen molar-refractivity contribution in [1.29, 1.82) is 0 Å². The van der Waals surface area contributed by atoms with E-state index in [9.17, 15) is 14.3 Å². The van der Waals surface area contributed by atoms with Gasteiger partial charge in [0.05, 0.1) is 30.4 Å². The molecule has 7 nitrogen and oxygen atoms in total. The summed E-state index contributed by atoms with van der Waals surface area (Å²) in [5.41, 5.74) is 1.72. The molecule has 0 spiro atoms. The molecule has 2 saturated heterocycles. The monoisotopic (exact) mass is 491 g/mol. The van der Waals surface area contributed by atoms with Gasteiger partial charge in [0.15, 0.2) is 0 Å². The number of hydrogen-bond acceptors (Lipinski definition) is 6. The van der Waals surface area contributed by atoms with Crippen molar-refractivity contribution in [3.05, 3.63) is 41.6 Å². The van der Waals surface area contributed by atoms with E-state index in [4.69, 9.17) is 21.1 Å². The van der Waals surface area contributed by atoms with Crippen molar-refractivity contribution in [3.8, 4) is 11.6 Å². The molecule has 1 N–H and O–H groups in total. The lowest BCUT2D eigenvalue weighted by Gasteiger charge is -2.38. The smallest absolute Gasteiger partial charge is 0.305 e. The minimum atomic E-state index is -1.04. The molecule has 0 saturated carbocycles. The Morgan fingerprint density at radius 2 is 2.00 bits per heavy atom. The summed E-state index contributed by atoms with van der Waals surface area (Å²) in [4.78, 5) is 19.5. The maximum Gasteiger partial charge on any atom is 0.305 e. The first kappa shape index (κ1) is 24.4. The van der Waals surface area contributed by atoms with E-state index in [-0.39, 0.29) is 36.9 Å². The Labute approximate surface area is 204 Å². The maximum atomic E-state index is 14.3. The summed E-state index contributed by atoms with van der Waals surface area (Å²) in [7, 11) is 1.58. The zero-order valence-electron chi connectivity index (χ0n) is 19.7. The zero-order valence-corrected chi connectivity index (χ0v) is 20.4. The minimum Gasteiger partial charge on any atom is -0.490 e. The number of hydrogen-bond donors (Lipinski definition) is 1. The van der Waals surface area contributed by atoms with Crippen molar-refractivity contribution < 1.29 is 23.8 Å². The number of carboxylic acids is 1. The molecule has 3 heterocycles. The van der Waals surface area contributed by atoms with Gasteiger partial charge in [-0.2, -0.15) is 0 Å². The molecule has 5 atom stereocenters. The van der Waals surface area contributed by atoms with Crippen molar-refractivity contribution in [2.45, 2.75) is 45.0 Å². The lowest BCUT2D eigenvalue weighted by atomic mass is 9.96. The van der Waals surface area contributed by atoms with Gasteiger partial charge in [0.2, 0.25) is 5.88 Å². The topological polar surface area (TPSA) is 75.1 Å². The van der Waals surface area contributed by atoms with Crippen LogP contribution in [0.2, 0.25) is 5.02 Å². The van der Waals surface area contributed by atoms with E-state index in [1.807, 2.05) is 35.2 Å². The molecular weight excluding hydrogens is 461 g/mol. The molecule has 0 aliphatic carbocycles. The number of halogens is 2. The van der Waals surface area contributed by atoms with Gasteiger partial charge < -0.3 is 24.4 Å². The number of carboxylic acid groups (broad SMARTS) is 1. The number of nitrogens with zero attached hydrogens (tertiary/aromatic N) is 3. The molecule has 2 fully saturated rings. The summed E-state index contributed by atoms with van der Waals surface area (Å²) in [6.45, 7) is 5.72. The van der Waals surface area contributed by atoms with Crippen LogP contribution in [0.5, 0.6) is 11.6 Å². The number of piperidine rings is 1. The standard InChI is InChI=1S/C25H31ClFN3O4/c1-15-13-29(22-10-24(33-3)28-12-19(22)26)9-8-23(15)34-18-6-4-17(5-7-18)30-14-20(27)16(2)21(30)11-25(31)32/h4-7,10,12,15-16,20-21,23H,8-9,11,13-14H2,1-3H3,(H,31,32)/t15?,16-,20+,21+,23?/m1/s1. The van der Waals surface area contributed by atoms with Crippen molar-refractivity contribution in [3.63, 3.8) is 0 Å². The quantitative estimate of drug-likeness (QED) is 0.603. The predicted molar refractivity (Wildman–Crippen MR) is 130 cm³/mol. The molecule has 184 valence electrons. The molecule has 2 unspecified atom stereocenters. The Morgan fingerprint density at radius 3 is 2.65 bits per heavy atom. The fourth-order valence-electron chi connectivity index (χ4n) is 4.96. The van der Waals surface area contributed by atoms with E-state index in [1.165, 1.54) is 0 Å². The van der Waals surface area contributed by atoms with Gasteiger partial charge in [0.1, 0.15) is 18.0 Å². The van der Waals surface area contributed by atoms with E-state index in [0.717, 1.165) is 36.6 Å². The van der Waals surface area contributed by atoms with E-state index < -0.39 is 12.1 Å². The highest BCUT2D eigenvalue weighted by Gasteiger charge is 2.40. The van der Waals surface area contributed by atoms with Crippen LogP contribution < -0.4 is 19.3 Å². The van der Waals surface area contributed by atoms with Crippen LogP contribution in [-0.4, -0.2) is 61.1 Å². The molecule has 2 aliphatic rings. The Morgan fingerprint density at radius 1 is 1.26 bits per heavy atom. The number of aliphatic carboxylic acids is 1. The van der Waals surface area contributed by atoms with Crippen LogP contribution in [0.3, 0.4) is 0 Å². The third-order valence-electron chi connectivity index (χ3n) is 6.97. The van der Waals surface area contributed by atoms with Gasteiger partial charge in [0, 0.05) is 55.7 Å². The molecule has 0 radical (unpaired) electrons. The molecule has 2 aromatic rings. The Balaban J connectivity index is 1.39. The van der Waals surface area contributed by atoms with E-state index >= 15 is 0 Å². The minimum absolute atomic E-state index is 0.0476. The van der Waals surface area contributed by atoms with Gasteiger partial charge in [-0.25, -0.2) is 9.37 Å². The lowest BCUT2D eigenvalue weighted by molar-refractivity contribution is -0.137. The van der Waals surface area contributed by atoms with Gasteiger partial charge in [-0.05, 0) is 24.3 Å². The number of rotatable bonds is 7. The normalized spacial score (nSPS) is 27.0. The molecule has 2 aliphatic heterocycles. The summed E-state index contributed by atoms with van der Waals surface area (Å²) in [6.07, 6.45) is 1.37. The highest BCUT2D eigenvalue weighted by molar-refractivity contribution is 6.33. The third-order valence-corrected chi connectivity index (χ3v) is 7.27. The van der Waals surface area contributed by atoms with E-state index in [1.54, 1.807) is 20.2 Å². The largest absolute Gasteiger partial charge is 0.490 e. The van der Waals surface area contributed by atoms with Crippen molar-refractivity contribution in [2.24, 2.45) is 11.8 Å². The molecular formula is C25H31ClFN3O4. The summed E-state index contributed by atoms with van der Waals surface area (Å²) in [5.74, 6) is 0.295. The van der Waals surface area contributed by atoms with Crippen LogP contribution in [0, 0.1) is 11.8 Å². The average molecular weight is 492 g/mol. The molecule has 9 heteroatoms. The van der Waals surface area contributed by atoms with Gasteiger partial charge >= 0.3 is 5.97 Å². The van der Waals surface area contributed by atoms with Crippen LogP contribution >= 0.6 is 11.6 Å². The summed E-state index contributed by atoms with van der Waals surface area (Å²) in [5, 5.41) is 9.83. The molecule has 1 aromatic heterocycles. The lowest BCUT2D eigenvalue weighted by Crippen LogP contribution is -2.44. The number of ether oxygens (including phenoxy) is 2. The molecule has 1 aromatic carbocycles. The molecule has 4 rings (SSSR count). The Hall–Kier alpha value is -2.74. The summed E-state index contributed by atoms with van der Waals surface area (Å²) in [6, 6.07) is 9.03. The van der Waals surface area contributed by atoms with Crippen LogP contribution in [0.4, 0.5) is 15.8 Å². The third kappa shape index (κ3) is 5.17. The van der Waals surface area contributed by atoms with E-state index in [2.05, 4.69) is 16.8 Å². The van der Waals surface area contributed by atoms with Crippen LogP contribution in [0.25, 0.3) is 0 Å². The number of methoxy groups -OCH3 is 1. The first-order chi connectivity index (χ1) is 16.3. The Bertz CT molecular complexity index is 1010. The van der Waals surface area contributed by atoms with Gasteiger partial charge in [-0.3, -0.25) is 4.79 Å². The van der Waals surface area contributed by atoms with Gasteiger partial charge in [-0.15, -0.1) is 0 Å². The van der Waals surface area contributed by atoms with Crippen molar-refractivity contribution in [1.82, 2.24) is 4.98 Å². The number of benzene rings is 1. The molecule has 0 amide bonds. The highest BCUT2D eigenvalue weighted by Crippen LogP contribution is 2.36. The summed E-state index contributed by atoms with van der Waals surface area (Å²) >= 11 is 6.37. The second kappa shape index (κ2) is 10.3. The van der Waals surface area contributed by atoms with Gasteiger partial charge in [-0.1, -0.05) is 25.4 Å². The van der Waals surface area contributed by atoms with Gasteiger partial charge in [0.25, 0.3) is 0 Å². The second-order valence-corrected chi connectivity index (χ2v) is 9.64. The summed E-state index contributed by atoms with van der Waals surface area (Å²) < 4.78 is 25.9. The van der Waals surface area contributed by atoms with Crippen LogP contribution in [0.15, 0.2) is 36.5 Å². The predicted octanol–water partition coefficient (Wildman–Crippen LogP) is 4.67. The number of pyridine rings is 1. The highest BCUT2D eigenvalue weighted by atomic mass is 35.5. The molecule has 0 bridgehead atoms. The van der Waals surface area contributed by atoms with Crippen molar-refractivity contribution >= 4 is 28.9 Å². The number of anilines is 2. The number of aromatic nitrogens is 1. The zero-order chi connectivity index (χ0) is 24.4. The van der Waals surface area contributed by atoms with Crippen LogP contribution in [0.1, 0.15) is 26.7 Å². The van der Waals surface area contributed by atoms with E-state index in [0.29, 0.717) is 10.9 Å². The van der Waals surface area contributed by atoms with Crippen LogP contribution in [-0.2, 0) is 4.79 Å². The first-order valence-corrected chi connectivity index (χ1v) is 12.0. The second-order valence-electron chi connectivity index (χ2n) is 9.23. The van der Waals surface area contributed by atoms with Crippen molar-refractivity contribution in [2.75, 3.05) is 36.5 Å². The number of carbonyl (C=O) groups is 1. The first-order valence-electron chi connectivity index (χ1n) is 11.6. The Kier molecular flexibility index (Phi) is 7.36. The molecule has 34 heavy (non-hydrogen) atoms. The fraction of sp³-hybridized carbons (Fsp3) is 0.520. The maximum absolute atomic E-state index is 14.3. The number of alkyl halides is 1. The fourth-order valence-corrected chi connectivity index (χ4v) is 5.18.